The Labute approximate surface area is 171 Å². The summed E-state index contributed by atoms with van der Waals surface area (Å²) in [5.74, 6) is 2.87. The Kier molecular flexibility index (Phi) is 7.42. The average molecular weight is 472 g/mol. The summed E-state index contributed by atoms with van der Waals surface area (Å²) in [4.78, 5) is 4.71. The van der Waals surface area contributed by atoms with Crippen LogP contribution in [0.5, 0.6) is 0 Å². The van der Waals surface area contributed by atoms with E-state index >= 15 is 0 Å². The summed E-state index contributed by atoms with van der Waals surface area (Å²) in [7, 11) is 1.97. The van der Waals surface area contributed by atoms with E-state index in [4.69, 9.17) is 4.99 Å². The van der Waals surface area contributed by atoms with Crippen LogP contribution in [0, 0.1) is 13.8 Å². The number of guanidine groups is 1. The number of aromatic nitrogens is 5. The molecule has 0 bridgehead atoms. The maximum absolute atomic E-state index is 4.71. The van der Waals surface area contributed by atoms with Crippen LogP contribution in [-0.2, 0) is 33.1 Å². The molecule has 2 aromatic heterocycles. The van der Waals surface area contributed by atoms with Gasteiger partial charge in [-0.25, -0.2) is 4.99 Å². The molecule has 2 aromatic rings. The molecule has 0 unspecified atom stereocenters. The predicted octanol–water partition coefficient (Wildman–Crippen LogP) is 1.84. The van der Waals surface area contributed by atoms with Gasteiger partial charge in [0.05, 0.1) is 18.8 Å². The molecular formula is C17H29IN8. The first-order valence-electron chi connectivity index (χ1n) is 9.02. The van der Waals surface area contributed by atoms with Crippen molar-refractivity contribution >= 4 is 29.9 Å². The van der Waals surface area contributed by atoms with E-state index in [1.807, 2.05) is 18.7 Å². The average Bonchev–Trinajstić information content (AvgIpc) is 3.12. The van der Waals surface area contributed by atoms with Crippen molar-refractivity contribution in [1.29, 1.82) is 0 Å². The molecule has 0 amide bonds. The standard InChI is InChI=1S/C17H28N8.HI/c1-5-18-17(19-10-14-12(2)23-24(4)13(14)3)20-11-16-22-21-15-8-6-7-9-25(15)16;/h5-11H2,1-4H3,(H2,18,19,20);1H. The number of aliphatic imine (C=N–C) groups is 1. The molecule has 8 nitrogen and oxygen atoms in total. The van der Waals surface area contributed by atoms with Crippen LogP contribution in [-0.4, -0.2) is 37.0 Å². The van der Waals surface area contributed by atoms with Crippen LogP contribution in [0.15, 0.2) is 4.99 Å². The number of hydrogen-bond donors (Lipinski definition) is 2. The summed E-state index contributed by atoms with van der Waals surface area (Å²) in [6, 6.07) is 0. The van der Waals surface area contributed by atoms with Gasteiger partial charge in [-0.2, -0.15) is 5.10 Å². The Morgan fingerprint density at radius 2 is 2.00 bits per heavy atom. The van der Waals surface area contributed by atoms with Crippen LogP contribution in [0.1, 0.15) is 48.4 Å². The van der Waals surface area contributed by atoms with Crippen molar-refractivity contribution in [2.24, 2.45) is 12.0 Å². The van der Waals surface area contributed by atoms with E-state index in [1.165, 1.54) is 18.4 Å². The van der Waals surface area contributed by atoms with Gasteiger partial charge in [-0.3, -0.25) is 4.68 Å². The third kappa shape index (κ3) is 4.54. The molecule has 3 heterocycles. The Morgan fingerprint density at radius 1 is 1.19 bits per heavy atom. The van der Waals surface area contributed by atoms with Crippen molar-refractivity contribution in [3.05, 3.63) is 28.6 Å². The molecule has 9 heteroatoms. The molecule has 26 heavy (non-hydrogen) atoms. The first kappa shape index (κ1) is 20.7. The van der Waals surface area contributed by atoms with Crippen molar-refractivity contribution < 1.29 is 0 Å². The molecule has 0 saturated heterocycles. The normalized spacial score (nSPS) is 13.9. The highest BCUT2D eigenvalue weighted by molar-refractivity contribution is 14.0. The van der Waals surface area contributed by atoms with Gasteiger partial charge in [0.2, 0.25) is 0 Å². The molecule has 144 valence electrons. The van der Waals surface area contributed by atoms with Gasteiger partial charge in [0.25, 0.3) is 0 Å². The summed E-state index contributed by atoms with van der Waals surface area (Å²) in [5, 5.41) is 19.8. The fraction of sp³-hybridized carbons (Fsp3) is 0.647. The van der Waals surface area contributed by atoms with E-state index in [2.05, 4.69) is 44.3 Å². The number of hydrogen-bond acceptors (Lipinski definition) is 4. The van der Waals surface area contributed by atoms with Crippen molar-refractivity contribution in [2.45, 2.75) is 59.7 Å². The first-order valence-corrected chi connectivity index (χ1v) is 9.02. The third-order valence-corrected chi connectivity index (χ3v) is 4.75. The fourth-order valence-electron chi connectivity index (χ4n) is 3.21. The molecule has 2 N–H and O–H groups in total. The van der Waals surface area contributed by atoms with Crippen molar-refractivity contribution in [2.75, 3.05) is 6.54 Å². The second kappa shape index (κ2) is 9.33. The highest BCUT2D eigenvalue weighted by atomic mass is 127. The zero-order chi connectivity index (χ0) is 17.8. The van der Waals surface area contributed by atoms with E-state index in [9.17, 15) is 0 Å². The number of fused-ring (bicyclic) bond motifs is 1. The Bertz CT molecular complexity index is 761. The van der Waals surface area contributed by atoms with E-state index < -0.39 is 0 Å². The summed E-state index contributed by atoms with van der Waals surface area (Å²) in [6.45, 7) is 9.24. The van der Waals surface area contributed by atoms with Crippen LogP contribution in [0.3, 0.4) is 0 Å². The monoisotopic (exact) mass is 472 g/mol. The molecular weight excluding hydrogens is 443 g/mol. The lowest BCUT2D eigenvalue weighted by Crippen LogP contribution is -2.37. The zero-order valence-corrected chi connectivity index (χ0v) is 18.4. The van der Waals surface area contributed by atoms with Gasteiger partial charge in [0, 0.05) is 37.8 Å². The van der Waals surface area contributed by atoms with Crippen LogP contribution in [0.4, 0.5) is 0 Å². The fourth-order valence-corrected chi connectivity index (χ4v) is 3.21. The molecule has 0 aromatic carbocycles. The minimum atomic E-state index is 0. The van der Waals surface area contributed by atoms with Gasteiger partial charge in [0.15, 0.2) is 11.8 Å². The number of halogens is 1. The van der Waals surface area contributed by atoms with Crippen molar-refractivity contribution in [3.8, 4) is 0 Å². The lowest BCUT2D eigenvalue weighted by Gasteiger charge is -2.16. The maximum Gasteiger partial charge on any atom is 0.191 e. The second-order valence-electron chi connectivity index (χ2n) is 6.46. The molecule has 0 atom stereocenters. The minimum absolute atomic E-state index is 0. The molecule has 0 fully saturated rings. The van der Waals surface area contributed by atoms with Gasteiger partial charge in [0.1, 0.15) is 5.82 Å². The predicted molar refractivity (Wildman–Crippen MR) is 113 cm³/mol. The molecule has 0 spiro atoms. The lowest BCUT2D eigenvalue weighted by atomic mass is 10.2. The number of nitrogens with zero attached hydrogens (tertiary/aromatic N) is 6. The van der Waals surface area contributed by atoms with E-state index in [-0.39, 0.29) is 24.0 Å². The van der Waals surface area contributed by atoms with Gasteiger partial charge >= 0.3 is 0 Å². The van der Waals surface area contributed by atoms with Gasteiger partial charge in [-0.15, -0.1) is 34.2 Å². The minimum Gasteiger partial charge on any atom is -0.357 e. The summed E-state index contributed by atoms with van der Waals surface area (Å²) in [5.41, 5.74) is 3.37. The molecule has 1 aliphatic heterocycles. The molecule has 0 saturated carbocycles. The van der Waals surface area contributed by atoms with Crippen molar-refractivity contribution in [1.82, 2.24) is 35.2 Å². The SMILES string of the molecule is CCNC(=NCc1c(C)nn(C)c1C)NCc1nnc2n1CCCC2.I. The van der Waals surface area contributed by atoms with Gasteiger partial charge in [-0.05, 0) is 33.6 Å². The van der Waals surface area contributed by atoms with Crippen LogP contribution in [0.2, 0.25) is 0 Å². The van der Waals surface area contributed by atoms with E-state index in [0.717, 1.165) is 48.5 Å². The quantitative estimate of drug-likeness (QED) is 0.394. The molecule has 0 radical (unpaired) electrons. The number of rotatable bonds is 5. The van der Waals surface area contributed by atoms with Gasteiger partial charge < -0.3 is 15.2 Å². The summed E-state index contributed by atoms with van der Waals surface area (Å²) in [6.07, 6.45) is 3.44. The van der Waals surface area contributed by atoms with E-state index in [0.29, 0.717) is 13.1 Å². The zero-order valence-electron chi connectivity index (χ0n) is 16.0. The Hall–Kier alpha value is -1.65. The number of aryl methyl sites for hydroxylation is 3. The second-order valence-corrected chi connectivity index (χ2v) is 6.46. The molecule has 0 aliphatic carbocycles. The van der Waals surface area contributed by atoms with E-state index in [1.54, 1.807) is 0 Å². The highest BCUT2D eigenvalue weighted by Crippen LogP contribution is 2.14. The smallest absolute Gasteiger partial charge is 0.191 e. The summed E-state index contributed by atoms with van der Waals surface area (Å²) < 4.78 is 4.14. The Balaban J connectivity index is 0.00000243. The molecule has 1 aliphatic rings. The molecule has 3 rings (SSSR count). The van der Waals surface area contributed by atoms with Crippen LogP contribution >= 0.6 is 24.0 Å². The van der Waals surface area contributed by atoms with Crippen LogP contribution < -0.4 is 10.6 Å². The van der Waals surface area contributed by atoms with Crippen LogP contribution in [0.25, 0.3) is 0 Å². The summed E-state index contributed by atoms with van der Waals surface area (Å²) >= 11 is 0. The largest absolute Gasteiger partial charge is 0.357 e. The topological polar surface area (TPSA) is 84.9 Å². The lowest BCUT2D eigenvalue weighted by molar-refractivity contribution is 0.504. The Morgan fingerprint density at radius 3 is 2.69 bits per heavy atom. The van der Waals surface area contributed by atoms with Gasteiger partial charge in [-0.1, -0.05) is 0 Å². The maximum atomic E-state index is 4.71. The highest BCUT2D eigenvalue weighted by Gasteiger charge is 2.15. The van der Waals surface area contributed by atoms with Crippen molar-refractivity contribution in [3.63, 3.8) is 0 Å². The third-order valence-electron chi connectivity index (χ3n) is 4.75. The number of nitrogens with one attached hydrogen (secondary N) is 2. The first-order chi connectivity index (χ1) is 12.1.